The van der Waals surface area contributed by atoms with E-state index in [1.807, 2.05) is 19.9 Å². The minimum absolute atomic E-state index is 0.246. The molecule has 0 bridgehead atoms. The molecule has 18 heavy (non-hydrogen) atoms. The standard InChI is InChI=1S/C15H12ClFO/c1-9-5-13(17)6-10(2)15(9)11-3-4-12(8-18)14(16)7-11/h3-8H,1-2H3. The van der Waals surface area contributed by atoms with E-state index < -0.39 is 0 Å². The summed E-state index contributed by atoms with van der Waals surface area (Å²) < 4.78 is 13.2. The highest BCUT2D eigenvalue weighted by Gasteiger charge is 2.09. The number of halogens is 2. The van der Waals surface area contributed by atoms with Gasteiger partial charge in [0.05, 0.1) is 5.02 Å². The first-order valence-electron chi connectivity index (χ1n) is 5.55. The van der Waals surface area contributed by atoms with Crippen LogP contribution in [-0.4, -0.2) is 6.29 Å². The Bertz CT molecular complexity index is 597. The molecule has 0 aliphatic rings. The highest BCUT2D eigenvalue weighted by Crippen LogP contribution is 2.30. The highest BCUT2D eigenvalue weighted by molar-refractivity contribution is 6.33. The van der Waals surface area contributed by atoms with Gasteiger partial charge in [0.1, 0.15) is 5.82 Å². The average Bonchev–Trinajstić information content (AvgIpc) is 2.27. The van der Waals surface area contributed by atoms with Crippen LogP contribution in [0.4, 0.5) is 4.39 Å². The minimum Gasteiger partial charge on any atom is -0.298 e. The van der Waals surface area contributed by atoms with Gasteiger partial charge in [0.25, 0.3) is 0 Å². The summed E-state index contributed by atoms with van der Waals surface area (Å²) in [5, 5.41) is 0.408. The predicted octanol–water partition coefficient (Wildman–Crippen LogP) is 4.58. The van der Waals surface area contributed by atoms with Crippen molar-refractivity contribution in [3.63, 3.8) is 0 Å². The number of carbonyl (C=O) groups excluding carboxylic acids is 1. The fourth-order valence-corrected chi connectivity index (χ4v) is 2.37. The monoisotopic (exact) mass is 262 g/mol. The van der Waals surface area contributed by atoms with E-state index in [-0.39, 0.29) is 5.82 Å². The van der Waals surface area contributed by atoms with Crippen molar-refractivity contribution in [2.75, 3.05) is 0 Å². The zero-order chi connectivity index (χ0) is 13.3. The molecule has 0 atom stereocenters. The number of carbonyl (C=O) groups is 1. The summed E-state index contributed by atoms with van der Waals surface area (Å²) in [7, 11) is 0. The van der Waals surface area contributed by atoms with Crippen LogP contribution in [0.1, 0.15) is 21.5 Å². The van der Waals surface area contributed by atoms with E-state index in [9.17, 15) is 9.18 Å². The second-order valence-electron chi connectivity index (χ2n) is 4.27. The van der Waals surface area contributed by atoms with Crippen LogP contribution in [0, 0.1) is 19.7 Å². The third-order valence-electron chi connectivity index (χ3n) is 2.91. The first-order chi connectivity index (χ1) is 8.52. The summed E-state index contributed by atoms with van der Waals surface area (Å²) in [5.41, 5.74) is 4.00. The van der Waals surface area contributed by atoms with Crippen molar-refractivity contribution in [2.45, 2.75) is 13.8 Å². The summed E-state index contributed by atoms with van der Waals surface area (Å²) in [6.45, 7) is 3.71. The highest BCUT2D eigenvalue weighted by atomic mass is 35.5. The Kier molecular flexibility index (Phi) is 3.48. The molecular formula is C15H12ClFO. The topological polar surface area (TPSA) is 17.1 Å². The molecule has 0 aromatic heterocycles. The van der Waals surface area contributed by atoms with Crippen LogP contribution in [0.3, 0.4) is 0 Å². The number of aldehydes is 1. The van der Waals surface area contributed by atoms with Gasteiger partial charge in [-0.1, -0.05) is 17.7 Å². The van der Waals surface area contributed by atoms with E-state index in [2.05, 4.69) is 0 Å². The molecule has 0 saturated heterocycles. The summed E-state index contributed by atoms with van der Waals surface area (Å²) in [6, 6.07) is 8.21. The summed E-state index contributed by atoms with van der Waals surface area (Å²) in [4.78, 5) is 10.7. The van der Waals surface area contributed by atoms with Crippen LogP contribution in [0.15, 0.2) is 30.3 Å². The average molecular weight is 263 g/mol. The van der Waals surface area contributed by atoms with E-state index in [0.29, 0.717) is 10.6 Å². The molecular weight excluding hydrogens is 251 g/mol. The van der Waals surface area contributed by atoms with Gasteiger partial charge < -0.3 is 0 Å². The van der Waals surface area contributed by atoms with Crippen molar-refractivity contribution < 1.29 is 9.18 Å². The van der Waals surface area contributed by atoms with Gasteiger partial charge in [-0.2, -0.15) is 0 Å². The van der Waals surface area contributed by atoms with Gasteiger partial charge in [-0.15, -0.1) is 0 Å². The van der Waals surface area contributed by atoms with Crippen molar-refractivity contribution in [3.05, 3.63) is 57.9 Å². The molecule has 0 heterocycles. The smallest absolute Gasteiger partial charge is 0.151 e. The van der Waals surface area contributed by atoms with Crippen LogP contribution in [0.2, 0.25) is 5.02 Å². The Morgan fingerprint density at radius 1 is 1.11 bits per heavy atom. The van der Waals surface area contributed by atoms with Crippen LogP contribution in [0.5, 0.6) is 0 Å². The molecule has 2 aromatic rings. The van der Waals surface area contributed by atoms with Crippen molar-refractivity contribution >= 4 is 17.9 Å². The second kappa shape index (κ2) is 4.91. The van der Waals surface area contributed by atoms with Gasteiger partial charge >= 0.3 is 0 Å². The lowest BCUT2D eigenvalue weighted by atomic mass is 9.95. The van der Waals surface area contributed by atoms with Gasteiger partial charge in [-0.05, 0) is 60.4 Å². The quantitative estimate of drug-likeness (QED) is 0.724. The molecule has 0 aliphatic heterocycles. The first-order valence-corrected chi connectivity index (χ1v) is 5.92. The molecule has 2 rings (SSSR count). The minimum atomic E-state index is -0.246. The number of aryl methyl sites for hydroxylation is 2. The molecule has 0 aliphatic carbocycles. The molecule has 0 unspecified atom stereocenters. The third-order valence-corrected chi connectivity index (χ3v) is 3.24. The van der Waals surface area contributed by atoms with Crippen molar-refractivity contribution in [1.29, 1.82) is 0 Å². The lowest BCUT2D eigenvalue weighted by molar-refractivity contribution is 0.112. The van der Waals surface area contributed by atoms with Crippen molar-refractivity contribution in [1.82, 2.24) is 0 Å². The number of rotatable bonds is 2. The Morgan fingerprint density at radius 3 is 2.22 bits per heavy atom. The molecule has 0 amide bonds. The van der Waals surface area contributed by atoms with Gasteiger partial charge in [-0.25, -0.2) is 4.39 Å². The normalized spacial score (nSPS) is 10.4. The Hall–Kier alpha value is -1.67. The van der Waals surface area contributed by atoms with E-state index >= 15 is 0 Å². The predicted molar refractivity (Wildman–Crippen MR) is 71.7 cm³/mol. The number of benzene rings is 2. The van der Waals surface area contributed by atoms with Gasteiger partial charge in [0.2, 0.25) is 0 Å². The zero-order valence-corrected chi connectivity index (χ0v) is 10.9. The second-order valence-corrected chi connectivity index (χ2v) is 4.68. The Morgan fingerprint density at radius 2 is 1.72 bits per heavy atom. The molecule has 92 valence electrons. The molecule has 3 heteroatoms. The molecule has 1 nitrogen and oxygen atoms in total. The van der Waals surface area contributed by atoms with Crippen LogP contribution in [-0.2, 0) is 0 Å². The maximum absolute atomic E-state index is 13.2. The molecule has 0 fully saturated rings. The lowest BCUT2D eigenvalue weighted by Gasteiger charge is -2.11. The zero-order valence-electron chi connectivity index (χ0n) is 10.1. The maximum Gasteiger partial charge on any atom is 0.151 e. The molecule has 0 saturated carbocycles. The molecule has 0 radical (unpaired) electrons. The fourth-order valence-electron chi connectivity index (χ4n) is 2.14. The van der Waals surface area contributed by atoms with E-state index in [1.165, 1.54) is 12.1 Å². The molecule has 2 aromatic carbocycles. The van der Waals surface area contributed by atoms with Crippen LogP contribution < -0.4 is 0 Å². The SMILES string of the molecule is Cc1cc(F)cc(C)c1-c1ccc(C=O)c(Cl)c1. The summed E-state index contributed by atoms with van der Waals surface area (Å²) in [5.74, 6) is -0.246. The summed E-state index contributed by atoms with van der Waals surface area (Å²) >= 11 is 6.01. The molecule has 0 spiro atoms. The largest absolute Gasteiger partial charge is 0.298 e. The van der Waals surface area contributed by atoms with E-state index in [1.54, 1.807) is 12.1 Å². The van der Waals surface area contributed by atoms with E-state index in [4.69, 9.17) is 11.6 Å². The van der Waals surface area contributed by atoms with Gasteiger partial charge in [0.15, 0.2) is 6.29 Å². The fraction of sp³-hybridized carbons (Fsp3) is 0.133. The number of hydrogen-bond acceptors (Lipinski definition) is 1. The van der Waals surface area contributed by atoms with Crippen molar-refractivity contribution in [3.8, 4) is 11.1 Å². The van der Waals surface area contributed by atoms with E-state index in [0.717, 1.165) is 28.5 Å². The van der Waals surface area contributed by atoms with Crippen LogP contribution >= 0.6 is 11.6 Å². The molecule has 0 N–H and O–H groups in total. The maximum atomic E-state index is 13.2. The van der Waals surface area contributed by atoms with Crippen molar-refractivity contribution in [2.24, 2.45) is 0 Å². The first kappa shape index (κ1) is 12.8. The summed E-state index contributed by atoms with van der Waals surface area (Å²) in [6.07, 6.45) is 0.719. The lowest BCUT2D eigenvalue weighted by Crippen LogP contribution is -1.91. The Balaban J connectivity index is 2.62. The van der Waals surface area contributed by atoms with Gasteiger partial charge in [-0.3, -0.25) is 4.79 Å². The third kappa shape index (κ3) is 2.29. The number of hydrogen-bond donors (Lipinski definition) is 0. The van der Waals surface area contributed by atoms with Crippen LogP contribution in [0.25, 0.3) is 11.1 Å². The Labute approximate surface area is 110 Å². The van der Waals surface area contributed by atoms with Gasteiger partial charge in [0, 0.05) is 5.56 Å².